The maximum Gasteiger partial charge on any atom is 0.471 e. The van der Waals surface area contributed by atoms with E-state index in [1.807, 2.05) is 49.6 Å². The smallest absolute Gasteiger partial charge is 0.405 e. The molecule has 0 aliphatic carbocycles. The second-order valence-electron chi connectivity index (χ2n) is 13.8. The zero-order valence-electron chi connectivity index (χ0n) is 31.5. The number of hydrogen-bond acceptors (Lipinski definition) is 9. The summed E-state index contributed by atoms with van der Waals surface area (Å²) in [6, 6.07) is 28.5. The fourth-order valence-corrected chi connectivity index (χ4v) is 12.5. The Labute approximate surface area is 332 Å². The number of alkyl halides is 3. The number of benzene rings is 3. The van der Waals surface area contributed by atoms with E-state index in [0.717, 1.165) is 10.4 Å². The number of carbonyl (C=O) groups is 2. The average molecular weight is 825 g/mol. The lowest BCUT2D eigenvalue weighted by atomic mass is 10.2. The van der Waals surface area contributed by atoms with Gasteiger partial charge < -0.3 is 24.5 Å². The van der Waals surface area contributed by atoms with Gasteiger partial charge in [-0.2, -0.15) is 18.2 Å². The van der Waals surface area contributed by atoms with Gasteiger partial charge in [-0.25, -0.2) is 4.79 Å². The molecule has 4 aromatic rings. The Bertz CT molecular complexity index is 2040. The van der Waals surface area contributed by atoms with Gasteiger partial charge >= 0.3 is 17.8 Å². The second-order valence-corrected chi connectivity index (χ2v) is 20.9. The summed E-state index contributed by atoms with van der Waals surface area (Å²) in [5.41, 5.74) is -0.732. The summed E-state index contributed by atoms with van der Waals surface area (Å²) in [5, 5.41) is 6.12. The Morgan fingerprint density at radius 3 is 2.14 bits per heavy atom. The van der Waals surface area contributed by atoms with Crippen molar-refractivity contribution < 1.29 is 36.7 Å². The molecule has 0 spiro atoms. The molecule has 0 saturated carbocycles. The molecule has 1 fully saturated rings. The van der Waals surface area contributed by atoms with Gasteiger partial charge in [0.2, 0.25) is 0 Å². The van der Waals surface area contributed by atoms with E-state index in [1.54, 1.807) is 46.4 Å². The number of carbonyl (C=O) groups excluding carboxylic acids is 2. The third-order valence-electron chi connectivity index (χ3n) is 9.01. The molecule has 2 heterocycles. The molecule has 296 valence electrons. The molecular formula is C40H43F3N4O6S2Si. The van der Waals surface area contributed by atoms with Crippen molar-refractivity contribution in [1.29, 1.82) is 0 Å². The third kappa shape index (κ3) is 10.3. The first-order valence-electron chi connectivity index (χ1n) is 17.7. The lowest BCUT2D eigenvalue weighted by molar-refractivity contribution is -0.173. The summed E-state index contributed by atoms with van der Waals surface area (Å²) < 4.78 is 59.9. The average Bonchev–Trinajstić information content (AvgIpc) is 3.56. The van der Waals surface area contributed by atoms with Crippen LogP contribution in [-0.2, 0) is 18.7 Å². The summed E-state index contributed by atoms with van der Waals surface area (Å²) in [4.78, 5) is 42.3. The van der Waals surface area contributed by atoms with Crippen LogP contribution in [-0.4, -0.2) is 72.9 Å². The van der Waals surface area contributed by atoms with E-state index in [4.69, 9.17) is 13.9 Å². The minimum absolute atomic E-state index is 0.00882. The van der Waals surface area contributed by atoms with Crippen LogP contribution in [0.15, 0.2) is 102 Å². The molecule has 3 aromatic carbocycles. The predicted octanol–water partition coefficient (Wildman–Crippen LogP) is 6.13. The first kappa shape index (κ1) is 42.8. The minimum Gasteiger partial charge on any atom is -0.405 e. The molecule has 2 amide bonds. The monoisotopic (exact) mass is 824 g/mol. The van der Waals surface area contributed by atoms with Crippen molar-refractivity contribution in [3.8, 4) is 11.8 Å². The number of halogens is 3. The quantitative estimate of drug-likeness (QED) is 0.0711. The fourth-order valence-electron chi connectivity index (χ4n) is 6.53. The van der Waals surface area contributed by atoms with E-state index in [0.29, 0.717) is 0 Å². The second kappa shape index (κ2) is 18.7. The van der Waals surface area contributed by atoms with Crippen LogP contribution in [0.4, 0.5) is 19.0 Å². The largest absolute Gasteiger partial charge is 0.471 e. The summed E-state index contributed by atoms with van der Waals surface area (Å²) in [5.74, 6) is 2.16. The molecule has 1 aliphatic heterocycles. The first-order valence-corrected chi connectivity index (χ1v) is 22.3. The van der Waals surface area contributed by atoms with Crippen LogP contribution in [0, 0.1) is 11.8 Å². The summed E-state index contributed by atoms with van der Waals surface area (Å²) >= 11 is 0. The van der Waals surface area contributed by atoms with Crippen LogP contribution in [0.1, 0.15) is 56.3 Å². The zero-order chi connectivity index (χ0) is 40.5. The predicted molar refractivity (Wildman–Crippen MR) is 216 cm³/mol. The van der Waals surface area contributed by atoms with Gasteiger partial charge in [0, 0.05) is 18.2 Å². The Kier molecular flexibility index (Phi) is 14.3. The number of hydrogen-bond donors (Lipinski definition) is 2. The van der Waals surface area contributed by atoms with E-state index in [1.165, 1.54) is 21.6 Å². The van der Waals surface area contributed by atoms with E-state index < -0.39 is 57.0 Å². The molecule has 0 unspecified atom stereocenters. The number of aromatic nitrogens is 2. The Balaban J connectivity index is 1.50. The number of rotatable bonds is 13. The van der Waals surface area contributed by atoms with Crippen LogP contribution in [0.25, 0.3) is 0 Å². The van der Waals surface area contributed by atoms with Crippen molar-refractivity contribution >= 4 is 57.9 Å². The molecule has 4 atom stereocenters. The molecule has 10 nitrogen and oxygen atoms in total. The molecule has 1 aliphatic rings. The van der Waals surface area contributed by atoms with Gasteiger partial charge in [0.25, 0.3) is 14.2 Å². The Hall–Kier alpha value is -4.37. The standard InChI is InChI=1S/C40H43F3N4O6S2Si/c1-27(55-54-5)52-32-24-34(53-33(32)26-51-56(39(2,3)4,30-19-11-7-12-20-30)31-21-13-8-14-22-31)47-25-29(18-15-23-44-37(49)40(41,42)43)35(46-38(47)50)45-36(48)28-16-9-6-10-17-28/h6-14,16-17,19-22,25,27,32-34H,23-24,26H2,1-5H3,(H,44,49)(H,45,46,48,50)/t27-,32-,33-,34-/m1/s1. The number of nitrogens with zero attached hydrogens (tertiary/aromatic N) is 2. The van der Waals surface area contributed by atoms with Crippen LogP contribution in [0.5, 0.6) is 0 Å². The van der Waals surface area contributed by atoms with Gasteiger partial charge in [0.1, 0.15) is 17.8 Å². The maximum absolute atomic E-state index is 13.7. The highest BCUT2D eigenvalue weighted by Gasteiger charge is 2.51. The van der Waals surface area contributed by atoms with Gasteiger partial charge in [-0.3, -0.25) is 14.2 Å². The highest BCUT2D eigenvalue weighted by molar-refractivity contribution is 8.76. The van der Waals surface area contributed by atoms with Crippen molar-refractivity contribution in [3.63, 3.8) is 0 Å². The van der Waals surface area contributed by atoms with Gasteiger partial charge in [0.15, 0.2) is 5.82 Å². The molecular weight excluding hydrogens is 782 g/mol. The van der Waals surface area contributed by atoms with E-state index in [9.17, 15) is 27.6 Å². The summed E-state index contributed by atoms with van der Waals surface area (Å²) in [7, 11) is 0.0863. The summed E-state index contributed by atoms with van der Waals surface area (Å²) in [6.45, 7) is 7.91. The third-order valence-corrected chi connectivity index (χ3v) is 16.0. The van der Waals surface area contributed by atoms with Crippen molar-refractivity contribution in [2.24, 2.45) is 0 Å². The lowest BCUT2D eigenvalue weighted by Gasteiger charge is -2.43. The van der Waals surface area contributed by atoms with Gasteiger partial charge in [0.05, 0.1) is 24.8 Å². The van der Waals surface area contributed by atoms with Gasteiger partial charge in [-0.15, -0.1) is 0 Å². The molecule has 1 saturated heterocycles. The highest BCUT2D eigenvalue weighted by atomic mass is 33.1. The van der Waals surface area contributed by atoms with Crippen molar-refractivity contribution in [1.82, 2.24) is 14.9 Å². The van der Waals surface area contributed by atoms with Crippen molar-refractivity contribution in [2.75, 3.05) is 24.7 Å². The molecule has 1 aromatic heterocycles. The molecule has 16 heteroatoms. The number of amides is 2. The molecule has 0 bridgehead atoms. The number of anilines is 1. The van der Waals surface area contributed by atoms with Gasteiger partial charge in [-0.05, 0) is 40.7 Å². The number of nitrogens with one attached hydrogen (secondary N) is 2. The van der Waals surface area contributed by atoms with Crippen LogP contribution in [0.3, 0.4) is 0 Å². The topological polar surface area (TPSA) is 121 Å². The molecule has 2 N–H and O–H groups in total. The molecule has 56 heavy (non-hydrogen) atoms. The lowest BCUT2D eigenvalue weighted by Crippen LogP contribution is -2.67. The normalized spacial score (nSPS) is 17.8. The zero-order valence-corrected chi connectivity index (χ0v) is 34.1. The molecule has 5 rings (SSSR count). The van der Waals surface area contributed by atoms with E-state index in [-0.39, 0.29) is 40.4 Å². The summed E-state index contributed by atoms with van der Waals surface area (Å²) in [6.07, 6.45) is -3.66. The Morgan fingerprint density at radius 2 is 1.59 bits per heavy atom. The van der Waals surface area contributed by atoms with Crippen LogP contribution >= 0.6 is 21.6 Å². The highest BCUT2D eigenvalue weighted by Crippen LogP contribution is 2.39. The van der Waals surface area contributed by atoms with E-state index >= 15 is 0 Å². The molecule has 0 radical (unpaired) electrons. The minimum atomic E-state index is -5.09. The Morgan fingerprint density at radius 1 is 1.00 bits per heavy atom. The fraction of sp³-hybridized carbons (Fsp3) is 0.350. The SMILES string of the molecule is CSS[C@H](C)O[C@@H]1C[C@H](n2cc(C#CCNC(=O)C(F)(F)F)c(NC(=O)c3ccccc3)nc2=O)O[C@@H]1CO[Si](c1ccccc1)(c1ccccc1)C(C)(C)C. The van der Waals surface area contributed by atoms with Crippen molar-refractivity contribution in [2.45, 2.75) is 69.2 Å². The van der Waals surface area contributed by atoms with Crippen LogP contribution in [0.2, 0.25) is 5.04 Å². The van der Waals surface area contributed by atoms with Crippen LogP contribution < -0.4 is 26.7 Å². The van der Waals surface area contributed by atoms with Crippen molar-refractivity contribution in [3.05, 3.63) is 119 Å². The van der Waals surface area contributed by atoms with Gasteiger partial charge in [-0.1, -0.05) is 133 Å². The maximum atomic E-state index is 13.7. The number of ether oxygens (including phenoxy) is 2. The van der Waals surface area contributed by atoms with E-state index in [2.05, 4.69) is 67.2 Å². The first-order chi connectivity index (χ1) is 26.6.